The molecule has 24 heavy (non-hydrogen) atoms. The van der Waals surface area contributed by atoms with Gasteiger partial charge in [-0.25, -0.2) is 0 Å². The van der Waals surface area contributed by atoms with Crippen LogP contribution in [0.4, 0.5) is 5.69 Å². The van der Waals surface area contributed by atoms with Crippen LogP contribution in [0.2, 0.25) is 0 Å². The van der Waals surface area contributed by atoms with Crippen molar-refractivity contribution in [3.63, 3.8) is 0 Å². The van der Waals surface area contributed by atoms with E-state index in [2.05, 4.69) is 5.32 Å². The summed E-state index contributed by atoms with van der Waals surface area (Å²) < 4.78 is 0. The highest BCUT2D eigenvalue weighted by Crippen LogP contribution is 2.33. The molecule has 2 amide bonds. The fraction of sp³-hybridized carbons (Fsp3) is 0.500. The van der Waals surface area contributed by atoms with Gasteiger partial charge in [-0.15, -0.1) is 0 Å². The molecule has 0 aromatic heterocycles. The molecule has 1 saturated carbocycles. The number of hydrogen-bond acceptors (Lipinski definition) is 3. The fourth-order valence-corrected chi connectivity index (χ4v) is 2.65. The third-order valence-corrected chi connectivity index (χ3v) is 4.26. The highest BCUT2D eigenvalue weighted by molar-refractivity contribution is 6.05. The largest absolute Gasteiger partial charge is 0.481 e. The summed E-state index contributed by atoms with van der Waals surface area (Å²) >= 11 is 0. The van der Waals surface area contributed by atoms with Gasteiger partial charge in [0, 0.05) is 19.5 Å². The number of rotatable bonds is 8. The van der Waals surface area contributed by atoms with E-state index in [4.69, 9.17) is 5.11 Å². The zero-order valence-corrected chi connectivity index (χ0v) is 14.1. The summed E-state index contributed by atoms with van der Waals surface area (Å²) in [7, 11) is 1.67. The summed E-state index contributed by atoms with van der Waals surface area (Å²) in [6, 6.07) is 6.89. The number of aliphatic carboxylic acids is 1. The number of anilines is 1. The van der Waals surface area contributed by atoms with Gasteiger partial charge in [-0.1, -0.05) is 25.5 Å². The molecule has 1 aliphatic rings. The van der Waals surface area contributed by atoms with E-state index in [1.165, 1.54) is 4.90 Å². The first-order valence-corrected chi connectivity index (χ1v) is 8.33. The summed E-state index contributed by atoms with van der Waals surface area (Å²) in [5, 5.41) is 11.9. The van der Waals surface area contributed by atoms with Crippen LogP contribution >= 0.6 is 0 Å². The molecule has 2 rings (SSSR count). The van der Waals surface area contributed by atoms with Crippen molar-refractivity contribution in [2.75, 3.05) is 18.5 Å². The van der Waals surface area contributed by atoms with Crippen LogP contribution in [0.3, 0.4) is 0 Å². The Morgan fingerprint density at radius 2 is 1.96 bits per heavy atom. The monoisotopic (exact) mass is 332 g/mol. The summed E-state index contributed by atoms with van der Waals surface area (Å²) in [4.78, 5) is 37.4. The van der Waals surface area contributed by atoms with Crippen LogP contribution in [-0.2, 0) is 9.59 Å². The van der Waals surface area contributed by atoms with Crippen LogP contribution in [0, 0.1) is 11.8 Å². The lowest BCUT2D eigenvalue weighted by atomic mass is 10.0. The van der Waals surface area contributed by atoms with E-state index in [1.54, 1.807) is 31.3 Å². The Balaban J connectivity index is 2.09. The minimum absolute atomic E-state index is 0.0182. The van der Waals surface area contributed by atoms with Crippen LogP contribution in [0.25, 0.3) is 0 Å². The Labute approximate surface area is 141 Å². The van der Waals surface area contributed by atoms with E-state index in [1.807, 2.05) is 6.92 Å². The average molecular weight is 332 g/mol. The first-order valence-electron chi connectivity index (χ1n) is 8.33. The number of amides is 2. The molecule has 1 fully saturated rings. The van der Waals surface area contributed by atoms with Gasteiger partial charge in [-0.2, -0.15) is 0 Å². The second-order valence-electron chi connectivity index (χ2n) is 6.22. The summed E-state index contributed by atoms with van der Waals surface area (Å²) in [5.74, 6) is -1.79. The molecule has 0 aliphatic heterocycles. The molecule has 1 aromatic carbocycles. The van der Waals surface area contributed by atoms with Gasteiger partial charge in [0.1, 0.15) is 0 Å². The van der Waals surface area contributed by atoms with Crippen LogP contribution < -0.4 is 10.2 Å². The smallest absolute Gasteiger partial charge is 0.308 e. The second kappa shape index (κ2) is 7.95. The summed E-state index contributed by atoms with van der Waals surface area (Å²) in [6.07, 6.45) is 3.04. The van der Waals surface area contributed by atoms with Gasteiger partial charge in [-0.3, -0.25) is 14.4 Å². The lowest BCUT2D eigenvalue weighted by molar-refractivity contribution is -0.141. The van der Waals surface area contributed by atoms with E-state index in [-0.39, 0.29) is 24.3 Å². The quantitative estimate of drug-likeness (QED) is 0.765. The zero-order valence-electron chi connectivity index (χ0n) is 14.1. The molecular formula is C18H24N2O4. The van der Waals surface area contributed by atoms with Crippen molar-refractivity contribution in [3.05, 3.63) is 29.8 Å². The Morgan fingerprint density at radius 1 is 1.29 bits per heavy atom. The molecule has 0 radical (unpaired) electrons. The highest BCUT2D eigenvalue weighted by atomic mass is 16.4. The number of carboxylic acid groups (broad SMARTS) is 1. The van der Waals surface area contributed by atoms with Gasteiger partial charge in [0.05, 0.1) is 17.2 Å². The molecule has 0 saturated heterocycles. The lowest BCUT2D eigenvalue weighted by Crippen LogP contribution is -2.35. The third kappa shape index (κ3) is 4.34. The first kappa shape index (κ1) is 18.0. The number of nitrogens with one attached hydrogen (secondary N) is 1. The fourth-order valence-electron chi connectivity index (χ4n) is 2.65. The Kier molecular flexibility index (Phi) is 5.95. The van der Waals surface area contributed by atoms with Crippen LogP contribution in [0.1, 0.15) is 43.0 Å². The highest BCUT2D eigenvalue weighted by Gasteiger charge is 2.33. The zero-order chi connectivity index (χ0) is 17.7. The van der Waals surface area contributed by atoms with E-state index in [0.717, 1.165) is 19.3 Å². The van der Waals surface area contributed by atoms with E-state index in [9.17, 15) is 14.4 Å². The van der Waals surface area contributed by atoms with Crippen molar-refractivity contribution in [2.24, 2.45) is 11.8 Å². The summed E-state index contributed by atoms with van der Waals surface area (Å²) in [6.45, 7) is 1.99. The minimum atomic E-state index is -0.911. The maximum Gasteiger partial charge on any atom is 0.308 e. The second-order valence-corrected chi connectivity index (χ2v) is 6.22. The van der Waals surface area contributed by atoms with Crippen LogP contribution in [0.5, 0.6) is 0 Å². The number of carboxylic acids is 1. The molecule has 1 aliphatic carbocycles. The first-order chi connectivity index (χ1) is 11.5. The van der Waals surface area contributed by atoms with Crippen LogP contribution in [0.15, 0.2) is 24.3 Å². The molecule has 130 valence electrons. The number of carbonyl (C=O) groups excluding carboxylic acids is 2. The average Bonchev–Trinajstić information content (AvgIpc) is 3.41. The van der Waals surface area contributed by atoms with Crippen molar-refractivity contribution >= 4 is 23.5 Å². The number of carbonyl (C=O) groups is 3. The van der Waals surface area contributed by atoms with E-state index >= 15 is 0 Å². The Bertz CT molecular complexity index is 625. The van der Waals surface area contributed by atoms with Crippen molar-refractivity contribution in [1.29, 1.82) is 0 Å². The molecule has 1 unspecified atom stereocenters. The topological polar surface area (TPSA) is 86.7 Å². The maximum atomic E-state index is 12.5. The van der Waals surface area contributed by atoms with Crippen LogP contribution in [-0.4, -0.2) is 36.5 Å². The molecular weight excluding hydrogens is 308 g/mol. The van der Waals surface area contributed by atoms with Crippen molar-refractivity contribution in [2.45, 2.75) is 32.6 Å². The predicted molar refractivity (Wildman–Crippen MR) is 90.9 cm³/mol. The van der Waals surface area contributed by atoms with Gasteiger partial charge in [0.2, 0.25) is 5.91 Å². The van der Waals surface area contributed by atoms with Gasteiger partial charge < -0.3 is 15.3 Å². The molecule has 1 aromatic rings. The molecule has 0 spiro atoms. The third-order valence-electron chi connectivity index (χ3n) is 4.26. The maximum absolute atomic E-state index is 12.5. The number of para-hydroxylation sites is 1. The van der Waals surface area contributed by atoms with Gasteiger partial charge in [0.25, 0.3) is 5.91 Å². The minimum Gasteiger partial charge on any atom is -0.481 e. The van der Waals surface area contributed by atoms with E-state index in [0.29, 0.717) is 17.7 Å². The molecule has 2 N–H and O–H groups in total. The molecule has 0 bridgehead atoms. The number of benzene rings is 1. The van der Waals surface area contributed by atoms with E-state index < -0.39 is 11.9 Å². The number of nitrogens with zero attached hydrogens (tertiary/aromatic N) is 1. The Morgan fingerprint density at radius 3 is 2.54 bits per heavy atom. The molecule has 6 heteroatoms. The van der Waals surface area contributed by atoms with Gasteiger partial charge >= 0.3 is 5.97 Å². The SMILES string of the molecule is CCCC(CNC(=O)c1ccccc1N(C)C(=O)C1CC1)C(=O)O. The molecule has 0 heterocycles. The predicted octanol–water partition coefficient (Wildman–Crippen LogP) is 2.29. The lowest BCUT2D eigenvalue weighted by Gasteiger charge is -2.21. The van der Waals surface area contributed by atoms with Crippen molar-refractivity contribution < 1.29 is 19.5 Å². The number of hydrogen-bond donors (Lipinski definition) is 2. The van der Waals surface area contributed by atoms with Crippen molar-refractivity contribution in [3.8, 4) is 0 Å². The van der Waals surface area contributed by atoms with Gasteiger partial charge in [0.15, 0.2) is 0 Å². The van der Waals surface area contributed by atoms with Gasteiger partial charge in [-0.05, 0) is 31.4 Å². The van der Waals surface area contributed by atoms with Crippen molar-refractivity contribution in [1.82, 2.24) is 5.32 Å². The normalized spacial score (nSPS) is 14.8. The molecule has 6 nitrogen and oxygen atoms in total. The Hall–Kier alpha value is -2.37. The summed E-state index contributed by atoms with van der Waals surface area (Å²) in [5.41, 5.74) is 0.934. The molecule has 1 atom stereocenters. The standard InChI is InChI=1S/C18H24N2O4/c1-3-6-13(18(23)24)11-19-16(21)14-7-4-5-8-15(14)20(2)17(22)12-9-10-12/h4-5,7-8,12-13H,3,6,9-11H2,1-2H3,(H,19,21)(H,23,24).